The summed E-state index contributed by atoms with van der Waals surface area (Å²) >= 11 is 5.78. The van der Waals surface area contributed by atoms with Crippen LogP contribution in [0.4, 0.5) is 4.79 Å². The van der Waals surface area contributed by atoms with Crippen LogP contribution < -0.4 is 11.2 Å². The van der Waals surface area contributed by atoms with E-state index in [1.807, 2.05) is 0 Å². The van der Waals surface area contributed by atoms with Crippen LogP contribution in [-0.2, 0) is 4.79 Å². The first-order valence-electron chi connectivity index (χ1n) is 5.51. The normalized spacial score (nSPS) is 12.8. The molecule has 0 spiro atoms. The number of rotatable bonds is 5. The van der Waals surface area contributed by atoms with E-state index >= 15 is 0 Å². The number of nitrogens with one attached hydrogen (secondary N) is 1. The molecule has 0 fully saturated rings. The van der Waals surface area contributed by atoms with Crippen molar-refractivity contribution >= 4 is 29.3 Å². The van der Waals surface area contributed by atoms with Crippen molar-refractivity contribution in [1.82, 2.24) is 5.43 Å². The molecule has 7 heteroatoms. The molecule has 0 saturated carbocycles. The maximum absolute atomic E-state index is 10.7. The van der Waals surface area contributed by atoms with Gasteiger partial charge < -0.3 is 10.8 Å². The van der Waals surface area contributed by atoms with Gasteiger partial charge in [-0.3, -0.25) is 4.79 Å². The molecule has 1 unspecified atom stereocenters. The first kappa shape index (κ1) is 15.0. The third kappa shape index (κ3) is 4.97. The van der Waals surface area contributed by atoms with Crippen LogP contribution in [0.15, 0.2) is 29.4 Å². The number of nitrogens with two attached hydrogens (primary N) is 1. The van der Waals surface area contributed by atoms with Crippen LogP contribution in [0.3, 0.4) is 0 Å². The van der Waals surface area contributed by atoms with Gasteiger partial charge in [-0.15, -0.1) is 0 Å². The molecule has 4 N–H and O–H groups in total. The van der Waals surface area contributed by atoms with Gasteiger partial charge in [0.2, 0.25) is 0 Å². The van der Waals surface area contributed by atoms with Crippen molar-refractivity contribution in [3.05, 3.63) is 34.9 Å². The number of nitrogens with zero attached hydrogens (tertiary/aromatic N) is 1. The molecule has 1 aromatic rings. The number of urea groups is 1. The topological polar surface area (TPSA) is 105 Å². The summed E-state index contributed by atoms with van der Waals surface area (Å²) in [5.41, 5.74) is 8.17. The number of amides is 2. The first-order valence-corrected chi connectivity index (χ1v) is 5.88. The van der Waals surface area contributed by atoms with Gasteiger partial charge >= 0.3 is 12.0 Å². The Bertz CT molecular complexity index is 499. The second-order valence-corrected chi connectivity index (χ2v) is 4.42. The molecule has 1 atom stereocenters. The van der Waals surface area contributed by atoms with Crippen molar-refractivity contribution in [3.8, 4) is 0 Å². The van der Waals surface area contributed by atoms with E-state index in [1.165, 1.54) is 0 Å². The summed E-state index contributed by atoms with van der Waals surface area (Å²) in [6.45, 7) is 1.70. The number of carboxylic acids is 1. The molecule has 19 heavy (non-hydrogen) atoms. The Kier molecular flexibility index (Phi) is 5.32. The number of carboxylic acid groups (broad SMARTS) is 1. The number of hydrogen-bond acceptors (Lipinski definition) is 3. The first-order chi connectivity index (χ1) is 8.90. The summed E-state index contributed by atoms with van der Waals surface area (Å²) in [4.78, 5) is 21.5. The van der Waals surface area contributed by atoms with E-state index in [0.29, 0.717) is 16.3 Å². The minimum absolute atomic E-state index is 0.109. The third-order valence-electron chi connectivity index (χ3n) is 2.37. The van der Waals surface area contributed by atoms with Gasteiger partial charge in [-0.05, 0) is 17.7 Å². The zero-order valence-electron chi connectivity index (χ0n) is 10.3. The highest BCUT2D eigenvalue weighted by atomic mass is 35.5. The molecule has 102 valence electrons. The van der Waals surface area contributed by atoms with Gasteiger partial charge in [0.25, 0.3) is 0 Å². The number of carbonyl (C=O) groups is 2. The molecule has 0 aliphatic heterocycles. The summed E-state index contributed by atoms with van der Waals surface area (Å²) in [5.74, 6) is -1.33. The zero-order chi connectivity index (χ0) is 14.4. The van der Waals surface area contributed by atoms with Crippen molar-refractivity contribution in [2.45, 2.75) is 13.3 Å². The SMILES string of the molecule is CC(CC(=O)O)C(=NNC(N)=O)c1ccc(Cl)cc1. The number of aliphatic carboxylic acids is 1. The fraction of sp³-hybridized carbons (Fsp3) is 0.250. The minimum Gasteiger partial charge on any atom is -0.481 e. The standard InChI is InChI=1S/C12H14ClN3O3/c1-7(6-10(17)18)11(15-16-12(14)19)8-2-4-9(13)5-3-8/h2-5,7H,6H2,1H3,(H,17,18)(H3,14,16,19). The highest BCUT2D eigenvalue weighted by Crippen LogP contribution is 2.16. The fourth-order valence-corrected chi connectivity index (χ4v) is 1.68. The molecule has 0 bridgehead atoms. The van der Waals surface area contributed by atoms with Crippen LogP contribution in [0.25, 0.3) is 0 Å². The number of hydrogen-bond donors (Lipinski definition) is 3. The van der Waals surface area contributed by atoms with E-state index in [0.717, 1.165) is 0 Å². The molecule has 6 nitrogen and oxygen atoms in total. The van der Waals surface area contributed by atoms with E-state index in [1.54, 1.807) is 31.2 Å². The number of benzene rings is 1. The molecule has 0 saturated heterocycles. The maximum Gasteiger partial charge on any atom is 0.332 e. The number of carbonyl (C=O) groups excluding carboxylic acids is 1. The minimum atomic E-state index is -0.951. The largest absolute Gasteiger partial charge is 0.481 e. The molecule has 2 amide bonds. The summed E-state index contributed by atoms with van der Waals surface area (Å²) in [6.07, 6.45) is -0.109. The summed E-state index contributed by atoms with van der Waals surface area (Å²) in [6, 6.07) is 5.90. The predicted molar refractivity (Wildman–Crippen MR) is 72.1 cm³/mol. The Morgan fingerprint density at radius 3 is 2.47 bits per heavy atom. The monoisotopic (exact) mass is 283 g/mol. The van der Waals surface area contributed by atoms with Gasteiger partial charge in [0.05, 0.1) is 12.1 Å². The Morgan fingerprint density at radius 2 is 2.00 bits per heavy atom. The van der Waals surface area contributed by atoms with Crippen LogP contribution in [0.1, 0.15) is 18.9 Å². The smallest absolute Gasteiger partial charge is 0.332 e. The summed E-state index contributed by atoms with van der Waals surface area (Å²) in [5, 5.41) is 13.2. The van der Waals surface area contributed by atoms with Gasteiger partial charge in [0.15, 0.2) is 0 Å². The van der Waals surface area contributed by atoms with Crippen LogP contribution in [0.5, 0.6) is 0 Å². The number of primary amides is 1. The molecule has 0 aromatic heterocycles. The highest BCUT2D eigenvalue weighted by Gasteiger charge is 2.17. The van der Waals surface area contributed by atoms with Crippen molar-refractivity contribution in [3.63, 3.8) is 0 Å². The van der Waals surface area contributed by atoms with Crippen LogP contribution in [0.2, 0.25) is 5.02 Å². The van der Waals surface area contributed by atoms with E-state index in [4.69, 9.17) is 22.4 Å². The number of halogens is 1. The van der Waals surface area contributed by atoms with E-state index < -0.39 is 12.0 Å². The second kappa shape index (κ2) is 6.75. The molecule has 0 radical (unpaired) electrons. The molecule has 0 aliphatic carbocycles. The summed E-state index contributed by atoms with van der Waals surface area (Å²) < 4.78 is 0. The lowest BCUT2D eigenvalue weighted by atomic mass is 9.95. The lowest BCUT2D eigenvalue weighted by Crippen LogP contribution is -2.28. The average molecular weight is 284 g/mol. The van der Waals surface area contributed by atoms with Crippen molar-refractivity contribution in [1.29, 1.82) is 0 Å². The van der Waals surface area contributed by atoms with Crippen molar-refractivity contribution in [2.24, 2.45) is 16.8 Å². The quantitative estimate of drug-likeness (QED) is 0.567. The zero-order valence-corrected chi connectivity index (χ0v) is 11.0. The Balaban J connectivity index is 3.04. The van der Waals surface area contributed by atoms with Gasteiger partial charge in [-0.25, -0.2) is 10.2 Å². The van der Waals surface area contributed by atoms with E-state index in [-0.39, 0.29) is 12.3 Å². The maximum atomic E-state index is 10.7. The lowest BCUT2D eigenvalue weighted by Gasteiger charge is -2.13. The highest BCUT2D eigenvalue weighted by molar-refractivity contribution is 6.30. The Hall–Kier alpha value is -2.08. The van der Waals surface area contributed by atoms with Crippen molar-refractivity contribution < 1.29 is 14.7 Å². The van der Waals surface area contributed by atoms with Crippen molar-refractivity contribution in [2.75, 3.05) is 0 Å². The molecular weight excluding hydrogens is 270 g/mol. The number of hydrazone groups is 1. The second-order valence-electron chi connectivity index (χ2n) is 3.98. The Labute approximate surface area is 115 Å². The fourth-order valence-electron chi connectivity index (χ4n) is 1.55. The van der Waals surface area contributed by atoms with E-state index in [9.17, 15) is 9.59 Å². The van der Waals surface area contributed by atoms with Gasteiger partial charge in [-0.1, -0.05) is 30.7 Å². The van der Waals surface area contributed by atoms with Crippen LogP contribution in [-0.4, -0.2) is 22.8 Å². The Morgan fingerprint density at radius 1 is 1.42 bits per heavy atom. The van der Waals surface area contributed by atoms with Gasteiger partial charge in [-0.2, -0.15) is 5.10 Å². The molecule has 1 rings (SSSR count). The van der Waals surface area contributed by atoms with Gasteiger partial charge in [0.1, 0.15) is 0 Å². The van der Waals surface area contributed by atoms with Crippen LogP contribution >= 0.6 is 11.6 Å². The van der Waals surface area contributed by atoms with Crippen LogP contribution in [0, 0.1) is 5.92 Å². The lowest BCUT2D eigenvalue weighted by molar-refractivity contribution is -0.137. The van der Waals surface area contributed by atoms with E-state index in [2.05, 4.69) is 10.5 Å². The molecule has 1 aromatic carbocycles. The van der Waals surface area contributed by atoms with Gasteiger partial charge in [0, 0.05) is 10.9 Å². The molecule has 0 aliphatic rings. The average Bonchev–Trinajstić information content (AvgIpc) is 2.30. The summed E-state index contributed by atoms with van der Waals surface area (Å²) in [7, 11) is 0. The molecular formula is C12H14ClN3O3. The third-order valence-corrected chi connectivity index (χ3v) is 2.63. The predicted octanol–water partition coefficient (Wildman–Crippen LogP) is 1.82. The molecule has 0 heterocycles.